The SMILES string of the molecule is NCCOCCOCCNC(=O)c1cccc(Nc2nc(NC3CCCCC3)nc(N3CCCC3)n2)c1. The van der Waals surface area contributed by atoms with Crippen LogP contribution in [0.25, 0.3) is 0 Å². The maximum atomic E-state index is 12.6. The van der Waals surface area contributed by atoms with E-state index in [-0.39, 0.29) is 5.91 Å². The van der Waals surface area contributed by atoms with E-state index in [1.807, 2.05) is 12.1 Å². The van der Waals surface area contributed by atoms with E-state index < -0.39 is 0 Å². The average molecular weight is 513 g/mol. The third-order valence-corrected chi connectivity index (χ3v) is 6.50. The summed E-state index contributed by atoms with van der Waals surface area (Å²) in [4.78, 5) is 28.9. The third kappa shape index (κ3) is 8.80. The first kappa shape index (κ1) is 27.0. The number of rotatable bonds is 14. The van der Waals surface area contributed by atoms with Gasteiger partial charge in [0.1, 0.15) is 0 Å². The molecule has 0 atom stereocenters. The number of carbonyl (C=O) groups excluding carboxylic acids is 1. The fourth-order valence-electron chi connectivity index (χ4n) is 4.58. The molecular formula is C26H40N8O3. The Labute approximate surface area is 218 Å². The minimum atomic E-state index is -0.167. The van der Waals surface area contributed by atoms with Gasteiger partial charge in [0.25, 0.3) is 5.91 Å². The molecule has 11 nitrogen and oxygen atoms in total. The minimum Gasteiger partial charge on any atom is -0.378 e. The molecule has 4 rings (SSSR count). The van der Waals surface area contributed by atoms with Gasteiger partial charge in [0.15, 0.2) is 0 Å². The molecule has 2 aliphatic rings. The molecule has 1 aromatic heterocycles. The Bertz CT molecular complexity index is 980. The van der Waals surface area contributed by atoms with Crippen molar-refractivity contribution in [1.29, 1.82) is 0 Å². The van der Waals surface area contributed by atoms with Crippen molar-refractivity contribution < 1.29 is 14.3 Å². The van der Waals surface area contributed by atoms with Crippen LogP contribution in [-0.4, -0.2) is 79.5 Å². The zero-order valence-electron chi connectivity index (χ0n) is 21.6. The fraction of sp³-hybridized carbons (Fsp3) is 0.615. The van der Waals surface area contributed by atoms with Crippen molar-refractivity contribution in [3.05, 3.63) is 29.8 Å². The second-order valence-corrected chi connectivity index (χ2v) is 9.43. The molecule has 2 heterocycles. The van der Waals surface area contributed by atoms with Gasteiger partial charge in [-0.2, -0.15) is 15.0 Å². The van der Waals surface area contributed by atoms with Gasteiger partial charge in [-0.1, -0.05) is 25.3 Å². The molecule has 1 saturated heterocycles. The van der Waals surface area contributed by atoms with Gasteiger partial charge in [-0.25, -0.2) is 0 Å². The number of aromatic nitrogens is 3. The second kappa shape index (κ2) is 14.7. The third-order valence-electron chi connectivity index (χ3n) is 6.50. The number of nitrogens with one attached hydrogen (secondary N) is 3. The van der Waals surface area contributed by atoms with Crippen LogP contribution in [0.4, 0.5) is 23.5 Å². The Hall–Kier alpha value is -3.02. The summed E-state index contributed by atoms with van der Waals surface area (Å²) in [6.07, 6.45) is 8.32. The molecule has 0 bridgehead atoms. The molecule has 0 radical (unpaired) electrons. The van der Waals surface area contributed by atoms with Crippen LogP contribution in [0.3, 0.4) is 0 Å². The number of ether oxygens (including phenoxy) is 2. The number of carbonyl (C=O) groups is 1. The number of amides is 1. The Kier molecular flexibility index (Phi) is 10.7. The first-order valence-corrected chi connectivity index (χ1v) is 13.5. The highest BCUT2D eigenvalue weighted by molar-refractivity contribution is 5.95. The van der Waals surface area contributed by atoms with Crippen molar-refractivity contribution in [1.82, 2.24) is 20.3 Å². The lowest BCUT2D eigenvalue weighted by Gasteiger charge is -2.24. The van der Waals surface area contributed by atoms with Crippen LogP contribution in [0.1, 0.15) is 55.3 Å². The van der Waals surface area contributed by atoms with Gasteiger partial charge < -0.3 is 36.1 Å². The quantitative estimate of drug-likeness (QED) is 0.279. The number of nitrogens with zero attached hydrogens (tertiary/aromatic N) is 4. The minimum absolute atomic E-state index is 0.167. The summed E-state index contributed by atoms with van der Waals surface area (Å²) in [5.41, 5.74) is 6.66. The highest BCUT2D eigenvalue weighted by Crippen LogP contribution is 2.24. The molecule has 11 heteroatoms. The molecule has 37 heavy (non-hydrogen) atoms. The Morgan fingerprint density at radius 1 is 0.946 bits per heavy atom. The van der Waals surface area contributed by atoms with Crippen LogP contribution in [0.2, 0.25) is 0 Å². The Morgan fingerprint density at radius 2 is 1.70 bits per heavy atom. The van der Waals surface area contributed by atoms with E-state index in [0.717, 1.165) is 44.5 Å². The van der Waals surface area contributed by atoms with E-state index in [2.05, 4.69) is 25.8 Å². The summed E-state index contributed by atoms with van der Waals surface area (Å²) in [6, 6.07) is 7.71. The van der Waals surface area contributed by atoms with Crippen molar-refractivity contribution in [2.45, 2.75) is 51.0 Å². The summed E-state index contributed by atoms with van der Waals surface area (Å²) in [5.74, 6) is 1.60. The predicted octanol–water partition coefficient (Wildman–Crippen LogP) is 2.68. The molecule has 0 unspecified atom stereocenters. The van der Waals surface area contributed by atoms with E-state index in [1.54, 1.807) is 12.1 Å². The molecule has 0 spiro atoms. The van der Waals surface area contributed by atoms with E-state index in [1.165, 1.54) is 19.3 Å². The maximum absolute atomic E-state index is 12.6. The molecule has 1 aliphatic heterocycles. The molecule has 5 N–H and O–H groups in total. The number of hydrogen-bond donors (Lipinski definition) is 4. The lowest BCUT2D eigenvalue weighted by Crippen LogP contribution is -2.27. The van der Waals surface area contributed by atoms with Gasteiger partial charge in [0.2, 0.25) is 17.8 Å². The van der Waals surface area contributed by atoms with Crippen molar-refractivity contribution in [3.63, 3.8) is 0 Å². The van der Waals surface area contributed by atoms with Gasteiger partial charge in [-0.3, -0.25) is 4.79 Å². The Morgan fingerprint density at radius 3 is 2.49 bits per heavy atom. The van der Waals surface area contributed by atoms with E-state index >= 15 is 0 Å². The van der Waals surface area contributed by atoms with Crippen LogP contribution < -0.4 is 26.6 Å². The highest BCUT2D eigenvalue weighted by Gasteiger charge is 2.20. The zero-order valence-corrected chi connectivity index (χ0v) is 21.6. The maximum Gasteiger partial charge on any atom is 0.251 e. The first-order valence-electron chi connectivity index (χ1n) is 13.5. The molecule has 1 amide bonds. The van der Waals surface area contributed by atoms with Crippen LogP contribution >= 0.6 is 0 Å². The van der Waals surface area contributed by atoms with Crippen molar-refractivity contribution in [3.8, 4) is 0 Å². The lowest BCUT2D eigenvalue weighted by atomic mass is 9.96. The largest absolute Gasteiger partial charge is 0.378 e. The van der Waals surface area contributed by atoms with Gasteiger partial charge in [0, 0.05) is 43.5 Å². The first-order chi connectivity index (χ1) is 18.2. The zero-order chi connectivity index (χ0) is 25.7. The van der Waals surface area contributed by atoms with Gasteiger partial charge in [-0.15, -0.1) is 0 Å². The van der Waals surface area contributed by atoms with Gasteiger partial charge in [-0.05, 0) is 43.9 Å². The van der Waals surface area contributed by atoms with E-state index in [9.17, 15) is 4.79 Å². The average Bonchev–Trinajstić information content (AvgIpc) is 3.46. The van der Waals surface area contributed by atoms with Crippen LogP contribution in [0.5, 0.6) is 0 Å². The van der Waals surface area contributed by atoms with Crippen molar-refractivity contribution in [2.24, 2.45) is 5.73 Å². The smallest absolute Gasteiger partial charge is 0.251 e. The van der Waals surface area contributed by atoms with Crippen LogP contribution in [0.15, 0.2) is 24.3 Å². The summed E-state index contributed by atoms with van der Waals surface area (Å²) in [6.45, 7) is 4.71. The number of benzene rings is 1. The fourth-order valence-corrected chi connectivity index (χ4v) is 4.58. The monoisotopic (exact) mass is 512 g/mol. The van der Waals surface area contributed by atoms with Gasteiger partial charge in [0.05, 0.1) is 26.4 Å². The van der Waals surface area contributed by atoms with Crippen LogP contribution in [0, 0.1) is 0 Å². The van der Waals surface area contributed by atoms with Crippen LogP contribution in [-0.2, 0) is 9.47 Å². The predicted molar refractivity (Wildman–Crippen MR) is 145 cm³/mol. The van der Waals surface area contributed by atoms with Gasteiger partial charge >= 0.3 is 0 Å². The van der Waals surface area contributed by atoms with Crippen molar-refractivity contribution >= 4 is 29.4 Å². The summed E-state index contributed by atoms with van der Waals surface area (Å²) < 4.78 is 10.7. The Balaban J connectivity index is 1.35. The standard InChI is InChI=1S/C26H40N8O3/c27-11-15-36-17-18-37-16-12-28-23(35)20-7-6-10-22(19-20)30-25-31-24(29-21-8-2-1-3-9-21)32-26(33-25)34-13-4-5-14-34/h6-7,10,19,21H,1-5,8-9,11-18,27H2,(H,28,35)(H2,29,30,31,32,33). The lowest BCUT2D eigenvalue weighted by molar-refractivity contribution is 0.0511. The normalized spacial score (nSPS) is 16.1. The second-order valence-electron chi connectivity index (χ2n) is 9.43. The molecule has 202 valence electrons. The number of nitrogens with two attached hydrogens (primary N) is 1. The molecule has 2 fully saturated rings. The topological polar surface area (TPSA) is 140 Å². The molecule has 2 aromatic rings. The molecule has 1 aromatic carbocycles. The molecular weight excluding hydrogens is 472 g/mol. The highest BCUT2D eigenvalue weighted by atomic mass is 16.5. The molecule has 1 saturated carbocycles. The number of hydrogen-bond acceptors (Lipinski definition) is 10. The summed E-state index contributed by atoms with van der Waals surface area (Å²) in [5, 5.41) is 9.70. The number of anilines is 4. The van der Waals surface area contributed by atoms with E-state index in [0.29, 0.717) is 69.0 Å². The molecule has 1 aliphatic carbocycles. The summed E-state index contributed by atoms with van der Waals surface area (Å²) in [7, 11) is 0. The van der Waals surface area contributed by atoms with E-state index in [4.69, 9.17) is 25.2 Å². The van der Waals surface area contributed by atoms with Crippen molar-refractivity contribution in [2.75, 3.05) is 68.1 Å². The summed E-state index contributed by atoms with van der Waals surface area (Å²) >= 11 is 0.